The van der Waals surface area contributed by atoms with Crippen LogP contribution in [0.25, 0.3) is 0 Å². The van der Waals surface area contributed by atoms with Gasteiger partial charge < -0.3 is 10.1 Å². The van der Waals surface area contributed by atoms with Gasteiger partial charge in [-0.1, -0.05) is 12.8 Å². The van der Waals surface area contributed by atoms with Crippen LogP contribution >= 0.6 is 0 Å². The molecule has 1 N–H and O–H groups in total. The molecule has 0 aliphatic heterocycles. The van der Waals surface area contributed by atoms with Gasteiger partial charge in [-0.25, -0.2) is 4.79 Å². The fourth-order valence-electron chi connectivity index (χ4n) is 1.41. The number of hydrogen-bond acceptors (Lipinski definition) is 2. The van der Waals surface area contributed by atoms with Crippen molar-refractivity contribution in [1.29, 1.82) is 0 Å². The third kappa shape index (κ3) is 6.53. The summed E-state index contributed by atoms with van der Waals surface area (Å²) in [7, 11) is 0. The third-order valence-corrected chi connectivity index (χ3v) is 2.37. The van der Waals surface area contributed by atoms with Crippen LogP contribution in [0, 0.1) is 5.92 Å². The van der Waals surface area contributed by atoms with Gasteiger partial charge in [0, 0.05) is 6.04 Å². The van der Waals surface area contributed by atoms with Gasteiger partial charge in [0.15, 0.2) is 0 Å². The van der Waals surface area contributed by atoms with E-state index in [0.717, 1.165) is 6.42 Å². The zero-order chi connectivity index (χ0) is 12.2. The maximum Gasteiger partial charge on any atom is 0.407 e. The van der Waals surface area contributed by atoms with Gasteiger partial charge in [0.05, 0.1) is 6.42 Å². The van der Waals surface area contributed by atoms with E-state index in [1.807, 2.05) is 6.92 Å². The molecule has 0 spiro atoms. The quantitative estimate of drug-likeness (QED) is 0.801. The predicted molar refractivity (Wildman–Crippen MR) is 52.0 cm³/mol. The number of ether oxygens (including phenoxy) is 1. The molecule has 1 saturated carbocycles. The molecular formula is C10H16F3NO2. The van der Waals surface area contributed by atoms with Crippen LogP contribution in [0.5, 0.6) is 0 Å². The van der Waals surface area contributed by atoms with Crippen LogP contribution in [0.4, 0.5) is 18.0 Å². The van der Waals surface area contributed by atoms with E-state index in [0.29, 0.717) is 5.92 Å². The van der Waals surface area contributed by atoms with Crippen molar-refractivity contribution < 1.29 is 22.7 Å². The van der Waals surface area contributed by atoms with Gasteiger partial charge in [-0.2, -0.15) is 13.2 Å². The Morgan fingerprint density at radius 3 is 2.62 bits per heavy atom. The molecule has 1 atom stereocenters. The average Bonchev–Trinajstić information content (AvgIpc) is 2.84. The Bertz CT molecular complexity index is 239. The van der Waals surface area contributed by atoms with Crippen molar-refractivity contribution in [2.24, 2.45) is 5.92 Å². The van der Waals surface area contributed by atoms with Crippen LogP contribution < -0.4 is 5.32 Å². The second-order valence-electron chi connectivity index (χ2n) is 4.23. The molecule has 1 amide bonds. The minimum Gasteiger partial charge on any atom is -0.449 e. The van der Waals surface area contributed by atoms with Crippen molar-refractivity contribution in [3.8, 4) is 0 Å². The molecule has 1 fully saturated rings. The lowest BCUT2D eigenvalue weighted by molar-refractivity contribution is -0.141. The molecule has 16 heavy (non-hydrogen) atoms. The zero-order valence-corrected chi connectivity index (χ0v) is 9.14. The molecule has 1 rings (SSSR count). The molecule has 94 valence electrons. The van der Waals surface area contributed by atoms with Crippen molar-refractivity contribution in [3.05, 3.63) is 0 Å². The molecule has 1 aliphatic carbocycles. The lowest BCUT2D eigenvalue weighted by Gasteiger charge is -2.13. The molecule has 1 aliphatic rings. The number of nitrogens with one attached hydrogen (secondary N) is 1. The Labute approximate surface area is 92.3 Å². The lowest BCUT2D eigenvalue weighted by Crippen LogP contribution is -2.34. The summed E-state index contributed by atoms with van der Waals surface area (Å²) < 4.78 is 39.6. The van der Waals surface area contributed by atoms with Crippen LogP contribution in [-0.2, 0) is 4.74 Å². The van der Waals surface area contributed by atoms with Crippen molar-refractivity contribution in [1.82, 2.24) is 5.32 Å². The number of carbonyl (C=O) groups is 1. The second kappa shape index (κ2) is 5.41. The highest BCUT2D eigenvalue weighted by Gasteiger charge is 2.28. The monoisotopic (exact) mass is 239 g/mol. The van der Waals surface area contributed by atoms with E-state index in [1.54, 1.807) is 0 Å². The first-order chi connectivity index (χ1) is 7.37. The fraction of sp³-hybridized carbons (Fsp3) is 0.900. The van der Waals surface area contributed by atoms with Gasteiger partial charge in [0.2, 0.25) is 0 Å². The van der Waals surface area contributed by atoms with Crippen molar-refractivity contribution in [3.63, 3.8) is 0 Å². The SMILES string of the molecule is CC(CC1CC1)NC(=O)OCCC(F)(F)F. The third-order valence-electron chi connectivity index (χ3n) is 2.37. The first-order valence-electron chi connectivity index (χ1n) is 5.37. The number of alkyl halides is 3. The van der Waals surface area contributed by atoms with E-state index in [-0.39, 0.29) is 6.04 Å². The van der Waals surface area contributed by atoms with E-state index in [1.165, 1.54) is 12.8 Å². The van der Waals surface area contributed by atoms with E-state index >= 15 is 0 Å². The van der Waals surface area contributed by atoms with Crippen LogP contribution in [-0.4, -0.2) is 24.9 Å². The Morgan fingerprint density at radius 2 is 2.12 bits per heavy atom. The fourth-order valence-corrected chi connectivity index (χ4v) is 1.41. The molecule has 6 heteroatoms. The lowest BCUT2D eigenvalue weighted by atomic mass is 10.2. The van der Waals surface area contributed by atoms with Crippen LogP contribution in [0.1, 0.15) is 32.6 Å². The first kappa shape index (κ1) is 13.1. The Morgan fingerprint density at radius 1 is 1.50 bits per heavy atom. The van der Waals surface area contributed by atoms with Crippen LogP contribution in [0.15, 0.2) is 0 Å². The van der Waals surface area contributed by atoms with Gasteiger partial charge in [-0.15, -0.1) is 0 Å². The average molecular weight is 239 g/mol. The first-order valence-corrected chi connectivity index (χ1v) is 5.37. The van der Waals surface area contributed by atoms with Crippen LogP contribution in [0.2, 0.25) is 0 Å². The van der Waals surface area contributed by atoms with Gasteiger partial charge in [0.25, 0.3) is 0 Å². The summed E-state index contributed by atoms with van der Waals surface area (Å²) in [5, 5.41) is 2.51. The summed E-state index contributed by atoms with van der Waals surface area (Å²) >= 11 is 0. The minimum atomic E-state index is -4.28. The summed E-state index contributed by atoms with van der Waals surface area (Å²) in [4.78, 5) is 11.0. The largest absolute Gasteiger partial charge is 0.449 e. The maximum atomic E-state index is 11.7. The van der Waals surface area contributed by atoms with E-state index in [2.05, 4.69) is 10.1 Å². The number of rotatable bonds is 5. The smallest absolute Gasteiger partial charge is 0.407 e. The van der Waals surface area contributed by atoms with Gasteiger partial charge in [0.1, 0.15) is 6.61 Å². The molecule has 0 radical (unpaired) electrons. The molecule has 0 aromatic carbocycles. The number of carbonyl (C=O) groups excluding carboxylic acids is 1. The van der Waals surface area contributed by atoms with Gasteiger partial charge in [-0.05, 0) is 19.3 Å². The Balaban J connectivity index is 2.05. The Hall–Kier alpha value is -0.940. The van der Waals surface area contributed by atoms with Crippen molar-refractivity contribution in [2.75, 3.05) is 6.61 Å². The predicted octanol–water partition coefficient (Wildman–Crippen LogP) is 2.85. The molecule has 0 heterocycles. The zero-order valence-electron chi connectivity index (χ0n) is 9.14. The summed E-state index contributed by atoms with van der Waals surface area (Å²) in [5.74, 6) is 0.658. The molecule has 0 aromatic rings. The van der Waals surface area contributed by atoms with Crippen LogP contribution in [0.3, 0.4) is 0 Å². The Kier molecular flexibility index (Phi) is 4.44. The summed E-state index contributed by atoms with van der Waals surface area (Å²) in [6.45, 7) is 1.20. The standard InChI is InChI=1S/C10H16F3NO2/c1-7(6-8-2-3-8)14-9(15)16-5-4-10(11,12)13/h7-8H,2-6H2,1H3,(H,14,15). The number of hydrogen-bond donors (Lipinski definition) is 1. The highest BCUT2D eigenvalue weighted by atomic mass is 19.4. The molecule has 0 aromatic heterocycles. The van der Waals surface area contributed by atoms with Gasteiger partial charge in [-0.3, -0.25) is 0 Å². The number of amides is 1. The summed E-state index contributed by atoms with van der Waals surface area (Å²) in [6.07, 6.45) is -2.92. The van der Waals surface area contributed by atoms with Crippen molar-refractivity contribution >= 4 is 6.09 Å². The second-order valence-corrected chi connectivity index (χ2v) is 4.23. The summed E-state index contributed by atoms with van der Waals surface area (Å²) in [6, 6.07) is -0.0362. The molecule has 0 saturated heterocycles. The highest BCUT2D eigenvalue weighted by Crippen LogP contribution is 2.33. The number of halogens is 3. The number of alkyl carbamates (subject to hydrolysis) is 1. The molecule has 0 bridgehead atoms. The molecule has 1 unspecified atom stereocenters. The maximum absolute atomic E-state index is 11.7. The summed E-state index contributed by atoms with van der Waals surface area (Å²) in [5.41, 5.74) is 0. The topological polar surface area (TPSA) is 38.3 Å². The van der Waals surface area contributed by atoms with E-state index in [4.69, 9.17) is 0 Å². The van der Waals surface area contributed by atoms with E-state index in [9.17, 15) is 18.0 Å². The minimum absolute atomic E-state index is 0.0362. The molecular weight excluding hydrogens is 223 g/mol. The van der Waals surface area contributed by atoms with Crippen molar-refractivity contribution in [2.45, 2.75) is 44.8 Å². The van der Waals surface area contributed by atoms with Gasteiger partial charge >= 0.3 is 12.3 Å². The normalized spacial score (nSPS) is 18.0. The molecule has 3 nitrogen and oxygen atoms in total. The highest BCUT2D eigenvalue weighted by molar-refractivity contribution is 5.67. The van der Waals surface area contributed by atoms with E-state index < -0.39 is 25.3 Å².